The molecule has 1 unspecified atom stereocenters. The van der Waals surface area contributed by atoms with Crippen molar-refractivity contribution in [3.8, 4) is 22.6 Å². The van der Waals surface area contributed by atoms with Crippen molar-refractivity contribution in [2.24, 2.45) is 0 Å². The van der Waals surface area contributed by atoms with Crippen molar-refractivity contribution in [3.05, 3.63) is 83.7 Å². The summed E-state index contributed by atoms with van der Waals surface area (Å²) < 4.78 is 66.1. The molecule has 0 saturated carbocycles. The van der Waals surface area contributed by atoms with Gasteiger partial charge in [-0.3, -0.25) is 4.79 Å². The van der Waals surface area contributed by atoms with Gasteiger partial charge in [0, 0.05) is 13.0 Å². The lowest BCUT2D eigenvalue weighted by Gasteiger charge is -2.16. The zero-order valence-electron chi connectivity index (χ0n) is 18.4. The second kappa shape index (κ2) is 10.4. The quantitative estimate of drug-likeness (QED) is 0.249. The predicted molar refractivity (Wildman–Crippen MR) is 115 cm³/mol. The summed E-state index contributed by atoms with van der Waals surface area (Å²) >= 11 is 0. The molecule has 0 saturated heterocycles. The van der Waals surface area contributed by atoms with Gasteiger partial charge in [0.15, 0.2) is 6.10 Å². The lowest BCUT2D eigenvalue weighted by atomic mass is 10.0. The van der Waals surface area contributed by atoms with Crippen molar-refractivity contribution in [1.82, 2.24) is 0 Å². The maximum Gasteiger partial charge on any atom is 0.425 e. The predicted octanol–water partition coefficient (Wildman–Crippen LogP) is 5.74. The molecule has 0 heterocycles. The van der Waals surface area contributed by atoms with Gasteiger partial charge in [0.25, 0.3) is 0 Å². The van der Waals surface area contributed by atoms with Crippen LogP contribution in [0.4, 0.5) is 17.6 Å². The highest BCUT2D eigenvalue weighted by molar-refractivity contribution is 5.92. The second-order valence-corrected chi connectivity index (χ2v) is 7.32. The normalized spacial score (nSPS) is 11.9. The summed E-state index contributed by atoms with van der Waals surface area (Å²) in [6, 6.07) is 15.6. The Bertz CT molecular complexity index is 1230. The molecule has 3 aromatic carbocycles. The molecule has 0 aromatic heterocycles. The van der Waals surface area contributed by atoms with Gasteiger partial charge in [0.05, 0.1) is 11.1 Å². The molecular weight excluding hydrogens is 472 g/mol. The van der Waals surface area contributed by atoms with Gasteiger partial charge in [-0.2, -0.15) is 13.2 Å². The summed E-state index contributed by atoms with van der Waals surface area (Å²) in [5.41, 5.74) is 0.973. The number of esters is 3. The number of carbonyl (C=O) groups excluding carboxylic acids is 3. The molecule has 35 heavy (non-hydrogen) atoms. The Morgan fingerprint density at radius 1 is 0.771 bits per heavy atom. The molecule has 182 valence electrons. The first-order valence-electron chi connectivity index (χ1n) is 10.1. The molecule has 0 bridgehead atoms. The summed E-state index contributed by atoms with van der Waals surface area (Å²) in [6.07, 6.45) is -7.20. The van der Waals surface area contributed by atoms with Crippen LogP contribution in [0.2, 0.25) is 0 Å². The Hall–Kier alpha value is -4.21. The highest BCUT2D eigenvalue weighted by Gasteiger charge is 2.39. The van der Waals surface area contributed by atoms with Crippen molar-refractivity contribution < 1.29 is 46.2 Å². The Labute approximate surface area is 197 Å². The summed E-state index contributed by atoms with van der Waals surface area (Å²) in [5.74, 6) is -3.82. The molecule has 0 N–H and O–H groups in total. The van der Waals surface area contributed by atoms with Crippen LogP contribution in [0.15, 0.2) is 66.7 Å². The lowest BCUT2D eigenvalue weighted by Crippen LogP contribution is -2.31. The van der Waals surface area contributed by atoms with Gasteiger partial charge in [0.1, 0.15) is 17.3 Å². The molecule has 0 radical (unpaired) electrons. The average Bonchev–Trinajstić information content (AvgIpc) is 2.78. The maximum absolute atomic E-state index is 14.2. The fourth-order valence-electron chi connectivity index (χ4n) is 2.86. The van der Waals surface area contributed by atoms with E-state index < -0.39 is 41.6 Å². The van der Waals surface area contributed by atoms with Gasteiger partial charge in [-0.15, -0.1) is 0 Å². The minimum atomic E-state index is -4.79. The van der Waals surface area contributed by atoms with E-state index >= 15 is 0 Å². The van der Waals surface area contributed by atoms with Crippen LogP contribution in [0.3, 0.4) is 0 Å². The number of hydrogen-bond donors (Lipinski definition) is 0. The zero-order chi connectivity index (χ0) is 25.8. The first kappa shape index (κ1) is 25.4. The van der Waals surface area contributed by atoms with Crippen LogP contribution >= 0.6 is 0 Å². The summed E-state index contributed by atoms with van der Waals surface area (Å²) in [5, 5.41) is 0. The third-order valence-electron chi connectivity index (χ3n) is 4.69. The zero-order valence-corrected chi connectivity index (χ0v) is 18.4. The van der Waals surface area contributed by atoms with Crippen LogP contribution in [0.1, 0.15) is 34.6 Å². The Morgan fingerprint density at radius 2 is 1.31 bits per heavy atom. The van der Waals surface area contributed by atoms with Crippen molar-refractivity contribution in [2.75, 3.05) is 0 Å². The molecule has 0 aliphatic heterocycles. The molecule has 10 heteroatoms. The van der Waals surface area contributed by atoms with Crippen LogP contribution < -0.4 is 9.47 Å². The van der Waals surface area contributed by atoms with Gasteiger partial charge >= 0.3 is 24.1 Å². The van der Waals surface area contributed by atoms with E-state index in [9.17, 15) is 31.9 Å². The first-order valence-corrected chi connectivity index (χ1v) is 10.1. The van der Waals surface area contributed by atoms with E-state index in [1.807, 2.05) is 0 Å². The molecule has 3 rings (SSSR count). The van der Waals surface area contributed by atoms with E-state index in [0.29, 0.717) is 18.7 Å². The SMILES string of the molecule is CC(=O)Oc1ccc(-c2ccc(C(=O)Oc3ccc(C(=O)OC(C)C(F)(F)F)c(F)c3)cc2)cc1. The molecule has 0 aliphatic carbocycles. The van der Waals surface area contributed by atoms with E-state index in [4.69, 9.17) is 9.47 Å². The number of hydrogen-bond acceptors (Lipinski definition) is 6. The van der Waals surface area contributed by atoms with Crippen molar-refractivity contribution in [2.45, 2.75) is 26.1 Å². The number of rotatable bonds is 6. The van der Waals surface area contributed by atoms with E-state index in [1.165, 1.54) is 19.1 Å². The van der Waals surface area contributed by atoms with Gasteiger partial charge < -0.3 is 14.2 Å². The topological polar surface area (TPSA) is 78.9 Å². The van der Waals surface area contributed by atoms with Crippen molar-refractivity contribution >= 4 is 17.9 Å². The maximum atomic E-state index is 14.2. The summed E-state index contributed by atoms with van der Waals surface area (Å²) in [4.78, 5) is 35.2. The number of alkyl halides is 3. The number of benzene rings is 3. The smallest absolute Gasteiger partial charge is 0.425 e. The highest BCUT2D eigenvalue weighted by Crippen LogP contribution is 2.26. The third kappa shape index (κ3) is 6.66. The molecular formula is C25H18F4O6. The van der Waals surface area contributed by atoms with Gasteiger partial charge in [-0.1, -0.05) is 24.3 Å². The Kier molecular flexibility index (Phi) is 7.53. The molecule has 0 spiro atoms. The fraction of sp³-hybridized carbons (Fsp3) is 0.160. The number of halogens is 4. The molecule has 3 aromatic rings. The molecule has 0 amide bonds. The Morgan fingerprint density at radius 3 is 1.83 bits per heavy atom. The highest BCUT2D eigenvalue weighted by atomic mass is 19.4. The first-order chi connectivity index (χ1) is 16.4. The van der Waals surface area contributed by atoms with Crippen LogP contribution in [-0.2, 0) is 9.53 Å². The van der Waals surface area contributed by atoms with E-state index in [-0.39, 0.29) is 11.3 Å². The second-order valence-electron chi connectivity index (χ2n) is 7.32. The van der Waals surface area contributed by atoms with Crippen LogP contribution in [-0.4, -0.2) is 30.2 Å². The molecule has 1 atom stereocenters. The van der Waals surface area contributed by atoms with E-state index in [0.717, 1.165) is 23.3 Å². The molecule has 6 nitrogen and oxygen atoms in total. The van der Waals surface area contributed by atoms with Gasteiger partial charge in [0.2, 0.25) is 0 Å². The number of ether oxygens (including phenoxy) is 3. The van der Waals surface area contributed by atoms with E-state index in [1.54, 1.807) is 36.4 Å². The largest absolute Gasteiger partial charge is 0.449 e. The van der Waals surface area contributed by atoms with Crippen molar-refractivity contribution in [1.29, 1.82) is 0 Å². The van der Waals surface area contributed by atoms with Gasteiger partial charge in [-0.05, 0) is 54.4 Å². The minimum absolute atomic E-state index is 0.146. The lowest BCUT2D eigenvalue weighted by molar-refractivity contribution is -0.198. The van der Waals surface area contributed by atoms with Gasteiger partial charge in [-0.25, -0.2) is 14.0 Å². The average molecular weight is 490 g/mol. The monoisotopic (exact) mass is 490 g/mol. The fourth-order valence-corrected chi connectivity index (χ4v) is 2.86. The summed E-state index contributed by atoms with van der Waals surface area (Å²) in [6.45, 7) is 1.91. The standard InChI is InChI=1S/C25H18F4O6/c1-14(25(27,28)29)33-24(32)21-12-11-20(13-22(21)26)35-23(31)18-5-3-16(4-6-18)17-7-9-19(10-8-17)34-15(2)30/h3-14H,1-2H3. The minimum Gasteiger partial charge on any atom is -0.449 e. The van der Waals surface area contributed by atoms with E-state index in [2.05, 4.69) is 4.74 Å². The number of carbonyl (C=O) groups is 3. The van der Waals surface area contributed by atoms with Crippen molar-refractivity contribution in [3.63, 3.8) is 0 Å². The Balaban J connectivity index is 1.66. The van der Waals surface area contributed by atoms with Crippen LogP contribution in [0.5, 0.6) is 11.5 Å². The third-order valence-corrected chi connectivity index (χ3v) is 4.69. The molecule has 0 aliphatic rings. The van der Waals surface area contributed by atoms with Crippen LogP contribution in [0.25, 0.3) is 11.1 Å². The molecule has 0 fully saturated rings. The summed E-state index contributed by atoms with van der Waals surface area (Å²) in [7, 11) is 0. The van der Waals surface area contributed by atoms with Crippen LogP contribution in [0, 0.1) is 5.82 Å².